The number of halogens is 2. The quantitative estimate of drug-likeness (QED) is 0.691. The summed E-state index contributed by atoms with van der Waals surface area (Å²) in [5, 5.41) is 3.75. The number of ketones is 1. The van der Waals surface area contributed by atoms with Crippen LogP contribution in [-0.2, 0) is 11.2 Å². The zero-order chi connectivity index (χ0) is 18.7. The normalized spacial score (nSPS) is 13.8. The molecule has 0 aromatic heterocycles. The highest BCUT2D eigenvalue weighted by Crippen LogP contribution is 2.31. The van der Waals surface area contributed by atoms with E-state index in [1.54, 1.807) is 36.4 Å². The number of rotatable bonds is 6. The summed E-state index contributed by atoms with van der Waals surface area (Å²) < 4.78 is 5.30. The molecule has 1 aliphatic rings. The second kappa shape index (κ2) is 8.11. The molecular formula is C20H19Cl2NO3. The molecule has 0 spiro atoms. The van der Waals surface area contributed by atoms with Gasteiger partial charge in [-0.3, -0.25) is 9.59 Å². The van der Waals surface area contributed by atoms with Crippen LogP contribution in [0, 0.1) is 5.92 Å². The van der Waals surface area contributed by atoms with E-state index in [1.807, 2.05) is 0 Å². The smallest absolute Gasteiger partial charge is 0.227 e. The molecule has 0 radical (unpaired) electrons. The molecule has 1 N–H and O–H groups in total. The van der Waals surface area contributed by atoms with E-state index in [-0.39, 0.29) is 24.0 Å². The third kappa shape index (κ3) is 4.19. The summed E-state index contributed by atoms with van der Waals surface area (Å²) in [5.41, 5.74) is 1.80. The Bertz CT molecular complexity index is 847. The van der Waals surface area contributed by atoms with Crippen LogP contribution in [0.5, 0.6) is 5.75 Å². The molecule has 0 saturated heterocycles. The van der Waals surface area contributed by atoms with Gasteiger partial charge in [0, 0.05) is 17.9 Å². The van der Waals surface area contributed by atoms with Gasteiger partial charge in [0.2, 0.25) is 5.91 Å². The molecule has 136 valence electrons. The van der Waals surface area contributed by atoms with Crippen LogP contribution in [0.15, 0.2) is 36.4 Å². The molecule has 26 heavy (non-hydrogen) atoms. The molecule has 0 atom stereocenters. The number of carbonyl (C=O) groups excluding carboxylic acids is 2. The van der Waals surface area contributed by atoms with Gasteiger partial charge in [-0.15, -0.1) is 0 Å². The lowest BCUT2D eigenvalue weighted by molar-refractivity contribution is -0.122. The Morgan fingerprint density at radius 2 is 1.88 bits per heavy atom. The van der Waals surface area contributed by atoms with E-state index >= 15 is 0 Å². The maximum absolute atomic E-state index is 12.6. The van der Waals surface area contributed by atoms with Crippen LogP contribution in [0.4, 0.5) is 5.69 Å². The minimum absolute atomic E-state index is 0.0244. The zero-order valence-electron chi connectivity index (χ0n) is 14.4. The second-order valence-corrected chi connectivity index (χ2v) is 7.19. The van der Waals surface area contributed by atoms with Crippen molar-refractivity contribution in [2.45, 2.75) is 25.7 Å². The highest BCUT2D eigenvalue weighted by molar-refractivity contribution is 6.42. The molecule has 1 aliphatic carbocycles. The number of hydrogen-bond donors (Lipinski definition) is 1. The molecule has 0 unspecified atom stereocenters. The number of ether oxygens (including phenoxy) is 1. The number of nitrogens with one attached hydrogen (secondary N) is 1. The zero-order valence-corrected chi connectivity index (χ0v) is 15.9. The van der Waals surface area contributed by atoms with E-state index < -0.39 is 0 Å². The fraction of sp³-hybridized carbons (Fsp3) is 0.300. The van der Waals surface area contributed by atoms with E-state index in [2.05, 4.69) is 5.32 Å². The largest absolute Gasteiger partial charge is 0.495 e. The summed E-state index contributed by atoms with van der Waals surface area (Å²) in [6, 6.07) is 10.2. The molecule has 0 bridgehead atoms. The van der Waals surface area contributed by atoms with Crippen molar-refractivity contribution < 1.29 is 14.3 Å². The Kier molecular flexibility index (Phi) is 5.84. The van der Waals surface area contributed by atoms with Gasteiger partial charge in [0.15, 0.2) is 5.78 Å². The van der Waals surface area contributed by atoms with Gasteiger partial charge < -0.3 is 10.1 Å². The highest BCUT2D eigenvalue weighted by Gasteiger charge is 2.26. The van der Waals surface area contributed by atoms with Crippen LogP contribution in [0.3, 0.4) is 0 Å². The van der Waals surface area contributed by atoms with Crippen LogP contribution in [0.25, 0.3) is 0 Å². The molecule has 1 saturated carbocycles. The topological polar surface area (TPSA) is 55.4 Å². The van der Waals surface area contributed by atoms with E-state index in [0.717, 1.165) is 24.8 Å². The number of anilines is 1. The molecule has 4 nitrogen and oxygen atoms in total. The van der Waals surface area contributed by atoms with Gasteiger partial charge in [-0.25, -0.2) is 0 Å². The lowest BCUT2D eigenvalue weighted by Crippen LogP contribution is -2.28. The van der Waals surface area contributed by atoms with Gasteiger partial charge >= 0.3 is 0 Å². The maximum Gasteiger partial charge on any atom is 0.227 e. The van der Waals surface area contributed by atoms with Crippen molar-refractivity contribution in [2.24, 2.45) is 5.92 Å². The first-order chi connectivity index (χ1) is 12.5. The minimum atomic E-state index is -0.0785. The van der Waals surface area contributed by atoms with E-state index in [4.69, 9.17) is 27.9 Å². The third-order valence-electron chi connectivity index (χ3n) is 4.60. The van der Waals surface area contributed by atoms with Crippen molar-refractivity contribution >= 4 is 40.6 Å². The molecule has 2 aromatic carbocycles. The van der Waals surface area contributed by atoms with Crippen molar-refractivity contribution in [3.05, 3.63) is 57.6 Å². The Morgan fingerprint density at radius 3 is 2.50 bits per heavy atom. The summed E-state index contributed by atoms with van der Waals surface area (Å²) in [6.07, 6.45) is 3.09. The Morgan fingerprint density at radius 1 is 1.12 bits per heavy atom. The van der Waals surface area contributed by atoms with Crippen LogP contribution in [-0.4, -0.2) is 18.8 Å². The Balaban J connectivity index is 1.78. The van der Waals surface area contributed by atoms with Gasteiger partial charge in [-0.05, 0) is 48.7 Å². The third-order valence-corrected chi connectivity index (χ3v) is 5.34. The molecule has 3 rings (SSSR count). The average molecular weight is 392 g/mol. The average Bonchev–Trinajstić information content (AvgIpc) is 2.56. The fourth-order valence-corrected chi connectivity index (χ4v) is 3.14. The molecule has 2 aromatic rings. The summed E-state index contributed by atoms with van der Waals surface area (Å²) in [7, 11) is 1.53. The summed E-state index contributed by atoms with van der Waals surface area (Å²) in [4.78, 5) is 24.8. The van der Waals surface area contributed by atoms with Crippen LogP contribution in [0.2, 0.25) is 10.0 Å². The van der Waals surface area contributed by atoms with Crippen LogP contribution in [0.1, 0.15) is 35.2 Å². The summed E-state index contributed by atoms with van der Waals surface area (Å²) >= 11 is 11.9. The van der Waals surface area contributed by atoms with Crippen molar-refractivity contribution in [1.29, 1.82) is 0 Å². The number of amides is 1. The Hall–Kier alpha value is -2.04. The van der Waals surface area contributed by atoms with Crippen molar-refractivity contribution in [1.82, 2.24) is 0 Å². The summed E-state index contributed by atoms with van der Waals surface area (Å²) in [6.45, 7) is 0. The number of hydrogen-bond acceptors (Lipinski definition) is 3. The lowest BCUT2D eigenvalue weighted by Gasteiger charge is -2.24. The first kappa shape index (κ1) is 18.7. The van der Waals surface area contributed by atoms with E-state index in [9.17, 15) is 9.59 Å². The first-order valence-electron chi connectivity index (χ1n) is 8.44. The number of Topliss-reactive ketones (excluding diaryl/α,β-unsaturated/α-hetero) is 1. The van der Waals surface area contributed by atoms with Crippen molar-refractivity contribution in [3.8, 4) is 5.75 Å². The molecule has 0 heterocycles. The van der Waals surface area contributed by atoms with Gasteiger partial charge in [0.1, 0.15) is 5.75 Å². The SMILES string of the molecule is COc1ccc(C(=O)Cc2ccc(Cl)c(Cl)c2)cc1NC(=O)C1CCC1. The van der Waals surface area contributed by atoms with Gasteiger partial charge in [0.05, 0.1) is 22.8 Å². The summed E-state index contributed by atoms with van der Waals surface area (Å²) in [5.74, 6) is 0.479. The molecule has 1 fully saturated rings. The van der Waals surface area contributed by atoms with Crippen LogP contribution >= 0.6 is 23.2 Å². The van der Waals surface area contributed by atoms with Crippen molar-refractivity contribution in [2.75, 3.05) is 12.4 Å². The monoisotopic (exact) mass is 391 g/mol. The first-order valence-corrected chi connectivity index (χ1v) is 9.19. The number of carbonyl (C=O) groups is 2. The standard InChI is InChI=1S/C20H19Cl2NO3/c1-26-19-8-6-14(11-17(19)23-20(25)13-3-2-4-13)18(24)10-12-5-7-15(21)16(22)9-12/h5-9,11,13H,2-4,10H2,1H3,(H,23,25). The highest BCUT2D eigenvalue weighted by atomic mass is 35.5. The molecular weight excluding hydrogens is 373 g/mol. The van der Waals surface area contributed by atoms with E-state index in [1.165, 1.54) is 7.11 Å². The van der Waals surface area contributed by atoms with Gasteiger partial charge in [-0.1, -0.05) is 35.7 Å². The molecule has 6 heteroatoms. The van der Waals surface area contributed by atoms with Gasteiger partial charge in [-0.2, -0.15) is 0 Å². The molecule has 0 aliphatic heterocycles. The number of benzene rings is 2. The number of methoxy groups -OCH3 is 1. The lowest BCUT2D eigenvalue weighted by atomic mass is 9.85. The maximum atomic E-state index is 12.6. The Labute approximate surface area is 162 Å². The molecule has 1 amide bonds. The predicted octanol–water partition coefficient (Wildman–Crippen LogP) is 5.17. The second-order valence-electron chi connectivity index (χ2n) is 6.38. The van der Waals surface area contributed by atoms with E-state index in [0.29, 0.717) is 27.0 Å². The fourth-order valence-electron chi connectivity index (χ4n) is 2.82. The van der Waals surface area contributed by atoms with Crippen LogP contribution < -0.4 is 10.1 Å². The van der Waals surface area contributed by atoms with Crippen molar-refractivity contribution in [3.63, 3.8) is 0 Å². The van der Waals surface area contributed by atoms with Gasteiger partial charge in [0.25, 0.3) is 0 Å². The predicted molar refractivity (Wildman–Crippen MR) is 103 cm³/mol. The minimum Gasteiger partial charge on any atom is -0.495 e.